The number of esters is 1. The summed E-state index contributed by atoms with van der Waals surface area (Å²) in [6.45, 7) is 2.10. The van der Waals surface area contributed by atoms with Gasteiger partial charge >= 0.3 is 5.97 Å². The Morgan fingerprint density at radius 1 is 1.40 bits per heavy atom. The standard InChI is InChI=1S/C14H10IN3O2/c1-2-20-14(19)9-3-4-12(15)11(5-9)10-7-17-13(6-16)18-8-10/h3-5,7-8H,2H2,1H3. The quantitative estimate of drug-likeness (QED) is 0.606. The van der Waals surface area contributed by atoms with Crippen LogP contribution in [0.2, 0.25) is 0 Å². The zero-order valence-electron chi connectivity index (χ0n) is 10.6. The van der Waals surface area contributed by atoms with Crippen LogP contribution in [0.15, 0.2) is 30.6 Å². The first-order valence-corrected chi connectivity index (χ1v) is 6.92. The first-order valence-electron chi connectivity index (χ1n) is 5.85. The predicted molar refractivity (Wildman–Crippen MR) is 80.9 cm³/mol. The fraction of sp³-hybridized carbons (Fsp3) is 0.143. The van der Waals surface area contributed by atoms with Crippen LogP contribution in [0.25, 0.3) is 11.1 Å². The summed E-state index contributed by atoms with van der Waals surface area (Å²) in [5, 5.41) is 8.69. The first kappa shape index (κ1) is 14.4. The van der Waals surface area contributed by atoms with Crippen LogP contribution in [0, 0.1) is 14.9 Å². The molecule has 2 rings (SSSR count). The van der Waals surface area contributed by atoms with Crippen LogP contribution >= 0.6 is 22.6 Å². The normalized spacial score (nSPS) is 9.85. The van der Waals surface area contributed by atoms with Gasteiger partial charge in [0, 0.05) is 21.5 Å². The Balaban J connectivity index is 2.42. The number of benzene rings is 1. The van der Waals surface area contributed by atoms with E-state index in [-0.39, 0.29) is 11.8 Å². The van der Waals surface area contributed by atoms with Gasteiger partial charge in [-0.05, 0) is 53.3 Å². The maximum absolute atomic E-state index is 11.7. The number of nitrogens with zero attached hydrogens (tertiary/aromatic N) is 3. The van der Waals surface area contributed by atoms with E-state index in [0.717, 1.165) is 14.7 Å². The molecule has 0 fully saturated rings. The first-order chi connectivity index (χ1) is 9.65. The Bertz CT molecular complexity index is 678. The van der Waals surface area contributed by atoms with Gasteiger partial charge in [-0.25, -0.2) is 14.8 Å². The average molecular weight is 379 g/mol. The summed E-state index contributed by atoms with van der Waals surface area (Å²) < 4.78 is 5.94. The van der Waals surface area contributed by atoms with Crippen molar-refractivity contribution in [3.63, 3.8) is 0 Å². The van der Waals surface area contributed by atoms with Crippen molar-refractivity contribution in [2.45, 2.75) is 6.92 Å². The van der Waals surface area contributed by atoms with Crippen molar-refractivity contribution in [1.29, 1.82) is 5.26 Å². The molecule has 0 saturated heterocycles. The highest BCUT2D eigenvalue weighted by Gasteiger charge is 2.11. The molecule has 0 aliphatic heterocycles. The summed E-state index contributed by atoms with van der Waals surface area (Å²) >= 11 is 2.17. The molecule has 100 valence electrons. The second kappa shape index (κ2) is 6.43. The predicted octanol–water partition coefficient (Wildman–Crippen LogP) is 2.80. The number of halogens is 1. The molecule has 0 aliphatic rings. The lowest BCUT2D eigenvalue weighted by Gasteiger charge is -2.07. The van der Waals surface area contributed by atoms with E-state index in [1.54, 1.807) is 31.5 Å². The van der Waals surface area contributed by atoms with Crippen LogP contribution in [0.3, 0.4) is 0 Å². The molecule has 6 heteroatoms. The van der Waals surface area contributed by atoms with Crippen molar-refractivity contribution in [2.75, 3.05) is 6.61 Å². The smallest absolute Gasteiger partial charge is 0.338 e. The lowest BCUT2D eigenvalue weighted by Crippen LogP contribution is -2.05. The third-order valence-electron chi connectivity index (χ3n) is 2.54. The minimum absolute atomic E-state index is 0.116. The van der Waals surface area contributed by atoms with E-state index in [4.69, 9.17) is 10.00 Å². The summed E-state index contributed by atoms with van der Waals surface area (Å²) in [4.78, 5) is 19.6. The second-order valence-corrected chi connectivity index (χ2v) is 4.98. The van der Waals surface area contributed by atoms with Crippen molar-refractivity contribution in [2.24, 2.45) is 0 Å². The molecule has 0 aliphatic carbocycles. The van der Waals surface area contributed by atoms with Gasteiger partial charge in [0.25, 0.3) is 0 Å². The van der Waals surface area contributed by atoms with Crippen LogP contribution in [0.1, 0.15) is 23.1 Å². The maximum atomic E-state index is 11.7. The third kappa shape index (κ3) is 3.11. The summed E-state index contributed by atoms with van der Waals surface area (Å²) in [5.41, 5.74) is 2.06. The van der Waals surface area contributed by atoms with Crippen LogP contribution < -0.4 is 0 Å². The second-order valence-electron chi connectivity index (χ2n) is 3.82. The third-order valence-corrected chi connectivity index (χ3v) is 3.48. The monoisotopic (exact) mass is 379 g/mol. The van der Waals surface area contributed by atoms with Gasteiger partial charge in [0.15, 0.2) is 0 Å². The number of carbonyl (C=O) groups excluding carboxylic acids is 1. The molecule has 0 N–H and O–H groups in total. The topological polar surface area (TPSA) is 75.9 Å². The van der Waals surface area contributed by atoms with Gasteiger partial charge in [-0.3, -0.25) is 0 Å². The van der Waals surface area contributed by atoms with Crippen molar-refractivity contribution >= 4 is 28.6 Å². The molecular formula is C14H10IN3O2. The van der Waals surface area contributed by atoms with Gasteiger partial charge in [-0.2, -0.15) is 5.26 Å². The Kier molecular flexibility index (Phi) is 4.63. The van der Waals surface area contributed by atoms with Crippen LogP contribution in [0.5, 0.6) is 0 Å². The molecule has 0 saturated carbocycles. The lowest BCUT2D eigenvalue weighted by atomic mass is 10.1. The number of hydrogen-bond acceptors (Lipinski definition) is 5. The van der Waals surface area contributed by atoms with E-state index in [0.29, 0.717) is 12.2 Å². The molecule has 1 heterocycles. The van der Waals surface area contributed by atoms with Gasteiger partial charge < -0.3 is 4.74 Å². The fourth-order valence-corrected chi connectivity index (χ4v) is 2.26. The van der Waals surface area contributed by atoms with Crippen molar-refractivity contribution in [3.8, 4) is 17.2 Å². The SMILES string of the molecule is CCOC(=O)c1ccc(I)c(-c2cnc(C#N)nc2)c1. The van der Waals surface area contributed by atoms with Gasteiger partial charge in [0.1, 0.15) is 6.07 Å². The summed E-state index contributed by atoms with van der Waals surface area (Å²) in [5.74, 6) is -0.245. The molecule has 1 aromatic heterocycles. The average Bonchev–Trinajstić information content (AvgIpc) is 2.48. The van der Waals surface area contributed by atoms with E-state index in [1.807, 2.05) is 12.1 Å². The number of nitriles is 1. The van der Waals surface area contributed by atoms with E-state index in [2.05, 4.69) is 32.6 Å². The summed E-state index contributed by atoms with van der Waals surface area (Å²) in [6.07, 6.45) is 3.13. The molecular weight excluding hydrogens is 369 g/mol. The minimum atomic E-state index is -0.361. The highest BCUT2D eigenvalue weighted by molar-refractivity contribution is 14.1. The minimum Gasteiger partial charge on any atom is -0.462 e. The molecule has 0 unspecified atom stereocenters. The molecule has 0 atom stereocenters. The Hall–Kier alpha value is -2.01. The summed E-state index contributed by atoms with van der Waals surface area (Å²) in [6, 6.07) is 7.16. The number of ether oxygens (including phenoxy) is 1. The number of carbonyl (C=O) groups is 1. The van der Waals surface area contributed by atoms with Gasteiger partial charge in [-0.1, -0.05) is 0 Å². The lowest BCUT2D eigenvalue weighted by molar-refractivity contribution is 0.0526. The van der Waals surface area contributed by atoms with Crippen LogP contribution in [0.4, 0.5) is 0 Å². The number of rotatable bonds is 3. The zero-order valence-corrected chi connectivity index (χ0v) is 12.8. The largest absolute Gasteiger partial charge is 0.462 e. The molecule has 20 heavy (non-hydrogen) atoms. The Labute approximate surface area is 129 Å². The molecule has 1 aromatic carbocycles. The Morgan fingerprint density at radius 2 is 2.10 bits per heavy atom. The molecule has 0 bridgehead atoms. The number of aromatic nitrogens is 2. The molecule has 0 spiro atoms. The molecule has 5 nitrogen and oxygen atoms in total. The van der Waals surface area contributed by atoms with E-state index < -0.39 is 0 Å². The van der Waals surface area contributed by atoms with E-state index >= 15 is 0 Å². The van der Waals surface area contributed by atoms with E-state index in [1.165, 1.54) is 0 Å². The van der Waals surface area contributed by atoms with Gasteiger partial charge in [-0.15, -0.1) is 0 Å². The van der Waals surface area contributed by atoms with Gasteiger partial charge in [0.05, 0.1) is 12.2 Å². The van der Waals surface area contributed by atoms with Crippen molar-refractivity contribution in [3.05, 3.63) is 45.6 Å². The van der Waals surface area contributed by atoms with Crippen molar-refractivity contribution < 1.29 is 9.53 Å². The van der Waals surface area contributed by atoms with Crippen LogP contribution in [-0.4, -0.2) is 22.5 Å². The fourth-order valence-electron chi connectivity index (χ4n) is 1.61. The van der Waals surface area contributed by atoms with Crippen molar-refractivity contribution in [1.82, 2.24) is 9.97 Å². The molecule has 2 aromatic rings. The maximum Gasteiger partial charge on any atom is 0.338 e. The molecule has 0 amide bonds. The summed E-state index contributed by atoms with van der Waals surface area (Å²) in [7, 11) is 0. The van der Waals surface area contributed by atoms with Crippen LogP contribution in [-0.2, 0) is 4.74 Å². The molecule has 0 radical (unpaired) electrons. The zero-order chi connectivity index (χ0) is 14.5. The van der Waals surface area contributed by atoms with Gasteiger partial charge in [0.2, 0.25) is 5.82 Å². The highest BCUT2D eigenvalue weighted by atomic mass is 127. The number of hydrogen-bond donors (Lipinski definition) is 0. The highest BCUT2D eigenvalue weighted by Crippen LogP contribution is 2.25. The van der Waals surface area contributed by atoms with E-state index in [9.17, 15) is 4.79 Å². The Morgan fingerprint density at radius 3 is 2.70 bits per heavy atom.